The van der Waals surface area contributed by atoms with E-state index >= 15 is 0 Å². The van der Waals surface area contributed by atoms with Gasteiger partial charge < -0.3 is 5.73 Å². The maximum atomic E-state index is 5.90. The van der Waals surface area contributed by atoms with Gasteiger partial charge in [0.05, 0.1) is 10.0 Å². The van der Waals surface area contributed by atoms with Crippen LogP contribution in [0.1, 0.15) is 24.9 Å². The summed E-state index contributed by atoms with van der Waals surface area (Å²) in [5.74, 6) is 5.73. The van der Waals surface area contributed by atoms with Gasteiger partial charge in [-0.05, 0) is 24.6 Å². The average molecular weight is 228 g/mol. The number of benzene rings is 1. The predicted octanol–water partition coefficient (Wildman–Crippen LogP) is 3.41. The fourth-order valence-corrected chi connectivity index (χ4v) is 1.38. The first-order chi connectivity index (χ1) is 6.65. The highest BCUT2D eigenvalue weighted by molar-refractivity contribution is 6.42. The maximum absolute atomic E-state index is 5.90. The molecular formula is C11H11Cl2N. The number of nitrogens with two attached hydrogens (primary N) is 1. The molecule has 0 aliphatic heterocycles. The molecule has 1 rings (SSSR count). The zero-order valence-electron chi connectivity index (χ0n) is 7.85. The van der Waals surface area contributed by atoms with Crippen molar-refractivity contribution in [2.75, 3.05) is 0 Å². The molecule has 0 fully saturated rings. The molecular weight excluding hydrogens is 217 g/mol. The van der Waals surface area contributed by atoms with Crippen molar-refractivity contribution in [1.82, 2.24) is 0 Å². The Bertz CT molecular complexity index is 377. The SMILES string of the molecule is CC#CCC(N)c1ccc(Cl)c(Cl)c1. The van der Waals surface area contributed by atoms with Gasteiger partial charge in [0.25, 0.3) is 0 Å². The summed E-state index contributed by atoms with van der Waals surface area (Å²) in [6.07, 6.45) is 0.633. The van der Waals surface area contributed by atoms with Gasteiger partial charge in [-0.25, -0.2) is 0 Å². The molecule has 0 spiro atoms. The zero-order valence-corrected chi connectivity index (χ0v) is 9.36. The minimum Gasteiger partial charge on any atom is -0.323 e. The highest BCUT2D eigenvalue weighted by atomic mass is 35.5. The molecule has 0 bridgehead atoms. The highest BCUT2D eigenvalue weighted by Crippen LogP contribution is 2.25. The molecule has 1 nitrogen and oxygen atoms in total. The second-order valence-electron chi connectivity index (χ2n) is 2.91. The Hall–Kier alpha value is -0.680. The molecule has 0 saturated carbocycles. The summed E-state index contributed by atoms with van der Waals surface area (Å²) in [6, 6.07) is 5.30. The van der Waals surface area contributed by atoms with Crippen LogP contribution < -0.4 is 5.73 Å². The summed E-state index contributed by atoms with van der Waals surface area (Å²) in [5.41, 5.74) is 6.86. The van der Waals surface area contributed by atoms with Crippen molar-refractivity contribution in [3.8, 4) is 11.8 Å². The van der Waals surface area contributed by atoms with Crippen LogP contribution in [0.2, 0.25) is 10.0 Å². The van der Waals surface area contributed by atoms with Crippen molar-refractivity contribution in [3.63, 3.8) is 0 Å². The normalized spacial score (nSPS) is 11.7. The second-order valence-corrected chi connectivity index (χ2v) is 3.73. The van der Waals surface area contributed by atoms with Crippen molar-refractivity contribution in [1.29, 1.82) is 0 Å². The standard InChI is InChI=1S/C11H11Cl2N/c1-2-3-4-11(14)8-5-6-9(12)10(13)7-8/h5-7,11H,4,14H2,1H3. The molecule has 0 saturated heterocycles. The number of hydrogen-bond donors (Lipinski definition) is 1. The Balaban J connectivity index is 2.83. The van der Waals surface area contributed by atoms with E-state index in [1.165, 1.54) is 0 Å². The first kappa shape index (κ1) is 11.4. The minimum absolute atomic E-state index is 0.0998. The average Bonchev–Trinajstić information content (AvgIpc) is 2.18. The summed E-state index contributed by atoms with van der Waals surface area (Å²) in [7, 11) is 0. The number of rotatable bonds is 2. The van der Waals surface area contributed by atoms with Gasteiger partial charge in [0.2, 0.25) is 0 Å². The van der Waals surface area contributed by atoms with Crippen LogP contribution in [0.5, 0.6) is 0 Å². The minimum atomic E-state index is -0.0998. The van der Waals surface area contributed by atoms with Gasteiger partial charge in [0.1, 0.15) is 0 Å². The Kier molecular flexibility index (Phi) is 4.28. The predicted molar refractivity (Wildman–Crippen MR) is 61.5 cm³/mol. The quantitative estimate of drug-likeness (QED) is 0.771. The summed E-state index contributed by atoms with van der Waals surface area (Å²) < 4.78 is 0. The van der Waals surface area contributed by atoms with Crippen molar-refractivity contribution in [3.05, 3.63) is 33.8 Å². The number of hydrogen-bond acceptors (Lipinski definition) is 1. The van der Waals surface area contributed by atoms with Crippen molar-refractivity contribution in [2.24, 2.45) is 5.73 Å². The van der Waals surface area contributed by atoms with Crippen molar-refractivity contribution >= 4 is 23.2 Å². The summed E-state index contributed by atoms with van der Waals surface area (Å²) >= 11 is 11.7. The van der Waals surface area contributed by atoms with E-state index in [1.54, 1.807) is 19.1 Å². The molecule has 3 heteroatoms. The molecule has 0 radical (unpaired) electrons. The lowest BCUT2D eigenvalue weighted by Gasteiger charge is -2.09. The van der Waals surface area contributed by atoms with Crippen LogP contribution in [0.25, 0.3) is 0 Å². The third-order valence-electron chi connectivity index (χ3n) is 1.87. The van der Waals surface area contributed by atoms with Gasteiger partial charge in [-0.1, -0.05) is 29.3 Å². The van der Waals surface area contributed by atoms with E-state index in [-0.39, 0.29) is 6.04 Å². The molecule has 0 heterocycles. The zero-order chi connectivity index (χ0) is 10.6. The molecule has 1 aromatic rings. The van der Waals surface area contributed by atoms with Gasteiger partial charge >= 0.3 is 0 Å². The second kappa shape index (κ2) is 5.26. The van der Waals surface area contributed by atoms with E-state index in [2.05, 4.69) is 11.8 Å². The van der Waals surface area contributed by atoms with E-state index in [0.717, 1.165) is 5.56 Å². The maximum Gasteiger partial charge on any atom is 0.0595 e. The van der Waals surface area contributed by atoms with Crippen LogP contribution >= 0.6 is 23.2 Å². The van der Waals surface area contributed by atoms with Gasteiger partial charge in [-0.3, -0.25) is 0 Å². The molecule has 0 aromatic heterocycles. The Morgan fingerprint density at radius 3 is 2.64 bits per heavy atom. The molecule has 1 unspecified atom stereocenters. The molecule has 0 aliphatic carbocycles. The van der Waals surface area contributed by atoms with Gasteiger partial charge in [-0.2, -0.15) is 0 Å². The van der Waals surface area contributed by atoms with E-state index in [0.29, 0.717) is 16.5 Å². The van der Waals surface area contributed by atoms with E-state index in [1.807, 2.05) is 6.07 Å². The van der Waals surface area contributed by atoms with Crippen LogP contribution in [0, 0.1) is 11.8 Å². The summed E-state index contributed by atoms with van der Waals surface area (Å²) in [6.45, 7) is 1.79. The van der Waals surface area contributed by atoms with Gasteiger partial charge in [0, 0.05) is 12.5 Å². The van der Waals surface area contributed by atoms with Crippen LogP contribution in [-0.4, -0.2) is 0 Å². The molecule has 74 valence electrons. The van der Waals surface area contributed by atoms with Crippen LogP contribution in [0.4, 0.5) is 0 Å². The van der Waals surface area contributed by atoms with Gasteiger partial charge in [-0.15, -0.1) is 11.8 Å². The monoisotopic (exact) mass is 227 g/mol. The topological polar surface area (TPSA) is 26.0 Å². The van der Waals surface area contributed by atoms with Gasteiger partial charge in [0.15, 0.2) is 0 Å². The molecule has 1 atom stereocenters. The molecule has 1 aromatic carbocycles. The van der Waals surface area contributed by atoms with E-state index < -0.39 is 0 Å². The first-order valence-electron chi connectivity index (χ1n) is 4.25. The van der Waals surface area contributed by atoms with Crippen LogP contribution in [-0.2, 0) is 0 Å². The largest absolute Gasteiger partial charge is 0.323 e. The van der Waals surface area contributed by atoms with Crippen molar-refractivity contribution in [2.45, 2.75) is 19.4 Å². The van der Waals surface area contributed by atoms with Crippen LogP contribution in [0.3, 0.4) is 0 Å². The molecule has 2 N–H and O–H groups in total. The van der Waals surface area contributed by atoms with Crippen LogP contribution in [0.15, 0.2) is 18.2 Å². The van der Waals surface area contributed by atoms with Crippen molar-refractivity contribution < 1.29 is 0 Å². The Morgan fingerprint density at radius 2 is 2.07 bits per heavy atom. The summed E-state index contributed by atoms with van der Waals surface area (Å²) in [5, 5.41) is 1.08. The lowest BCUT2D eigenvalue weighted by molar-refractivity contribution is 0.754. The summed E-state index contributed by atoms with van der Waals surface area (Å²) in [4.78, 5) is 0. The van der Waals surface area contributed by atoms with E-state index in [4.69, 9.17) is 28.9 Å². The number of halogens is 2. The Morgan fingerprint density at radius 1 is 1.36 bits per heavy atom. The fraction of sp³-hybridized carbons (Fsp3) is 0.273. The van der Waals surface area contributed by atoms with E-state index in [9.17, 15) is 0 Å². The molecule has 14 heavy (non-hydrogen) atoms. The lowest BCUT2D eigenvalue weighted by Crippen LogP contribution is -2.09. The third kappa shape index (κ3) is 2.92. The highest BCUT2D eigenvalue weighted by Gasteiger charge is 2.06. The molecule has 0 amide bonds. The third-order valence-corrected chi connectivity index (χ3v) is 2.61. The smallest absolute Gasteiger partial charge is 0.0595 e. The fourth-order valence-electron chi connectivity index (χ4n) is 1.07. The Labute approximate surface area is 94.2 Å². The molecule has 0 aliphatic rings. The first-order valence-corrected chi connectivity index (χ1v) is 5.01. The lowest BCUT2D eigenvalue weighted by atomic mass is 10.1.